The van der Waals surface area contributed by atoms with Gasteiger partial charge >= 0.3 is 6.61 Å². The molecule has 4 aliphatic heterocycles. The molecule has 1 atom stereocenters. The largest absolute Gasteiger partial charge is 0.432 e. The summed E-state index contributed by atoms with van der Waals surface area (Å²) in [5.74, 6) is -0.640. The first-order valence-electron chi connectivity index (χ1n) is 17.7. The average Bonchev–Trinajstić information content (AvgIpc) is 3.39. The monoisotopic (exact) mass is 729 g/mol. The third kappa shape index (κ3) is 7.65. The molecule has 17 heteroatoms. The maximum absolute atomic E-state index is 13.1. The molecule has 276 valence electrons. The number of ether oxygens (including phenoxy) is 1. The van der Waals surface area contributed by atoms with E-state index in [1.54, 1.807) is 4.31 Å². The van der Waals surface area contributed by atoms with E-state index in [9.17, 15) is 26.8 Å². The van der Waals surface area contributed by atoms with Gasteiger partial charge in [-0.25, -0.2) is 22.7 Å². The Morgan fingerprint density at radius 3 is 2.43 bits per heavy atom. The summed E-state index contributed by atoms with van der Waals surface area (Å²) in [7, 11) is -1.47. The third-order valence-corrected chi connectivity index (χ3v) is 12.9. The van der Waals surface area contributed by atoms with Gasteiger partial charge in [0.25, 0.3) is 0 Å². The molecule has 7 rings (SSSR count). The Bertz CT molecular complexity index is 1870. The van der Waals surface area contributed by atoms with E-state index >= 15 is 0 Å². The molecule has 0 saturated carbocycles. The van der Waals surface area contributed by atoms with Crippen LogP contribution in [0.25, 0.3) is 10.9 Å². The number of imide groups is 1. The maximum Gasteiger partial charge on any atom is 0.387 e. The molecule has 4 fully saturated rings. The number of amides is 2. The van der Waals surface area contributed by atoms with E-state index < -0.39 is 22.6 Å². The van der Waals surface area contributed by atoms with Crippen LogP contribution < -0.4 is 20.3 Å². The van der Waals surface area contributed by atoms with Crippen LogP contribution in [0.5, 0.6) is 5.75 Å². The number of halogens is 2. The second kappa shape index (κ2) is 14.2. The number of carbonyl (C=O) groups excluding carboxylic acids is 2. The van der Waals surface area contributed by atoms with Crippen molar-refractivity contribution >= 4 is 44.4 Å². The van der Waals surface area contributed by atoms with Crippen molar-refractivity contribution < 1.29 is 31.5 Å². The van der Waals surface area contributed by atoms with Crippen LogP contribution in [0.15, 0.2) is 24.5 Å². The second-order valence-corrected chi connectivity index (χ2v) is 16.6. The first kappa shape index (κ1) is 35.4. The number of sulfonamides is 1. The molecule has 51 heavy (non-hydrogen) atoms. The Balaban J connectivity index is 0.845. The minimum absolute atomic E-state index is 0.0122. The van der Waals surface area contributed by atoms with E-state index in [0.29, 0.717) is 51.1 Å². The van der Waals surface area contributed by atoms with Crippen molar-refractivity contribution in [2.24, 2.45) is 12.5 Å². The van der Waals surface area contributed by atoms with Crippen LogP contribution in [-0.2, 0) is 26.7 Å². The average molecular weight is 730 g/mol. The summed E-state index contributed by atoms with van der Waals surface area (Å²) >= 11 is 0. The Kier molecular flexibility index (Phi) is 9.88. The van der Waals surface area contributed by atoms with Gasteiger partial charge in [-0.15, -0.1) is 0 Å². The number of aromatic nitrogens is 4. The molecule has 6 heterocycles. The fourth-order valence-corrected chi connectivity index (χ4v) is 9.71. The number of piperidine rings is 3. The van der Waals surface area contributed by atoms with E-state index in [1.165, 1.54) is 18.1 Å². The normalized spacial score (nSPS) is 22.1. The number of hydrogen-bond acceptors (Lipinski definition) is 11. The zero-order valence-electron chi connectivity index (χ0n) is 29.0. The topological polar surface area (TPSA) is 155 Å². The second-order valence-electron chi connectivity index (χ2n) is 14.5. The highest BCUT2D eigenvalue weighted by Gasteiger charge is 2.45. The van der Waals surface area contributed by atoms with Gasteiger partial charge < -0.3 is 19.9 Å². The molecule has 4 saturated heterocycles. The lowest BCUT2D eigenvalue weighted by Crippen LogP contribution is -2.60. The van der Waals surface area contributed by atoms with Gasteiger partial charge in [-0.1, -0.05) is 0 Å². The molecule has 4 aliphatic rings. The van der Waals surface area contributed by atoms with Gasteiger partial charge in [0.1, 0.15) is 0 Å². The Hall–Kier alpha value is -3.96. The number of likely N-dealkylation sites (tertiary alicyclic amines) is 1. The van der Waals surface area contributed by atoms with Gasteiger partial charge in [0.05, 0.1) is 35.3 Å². The van der Waals surface area contributed by atoms with Crippen LogP contribution in [0.2, 0.25) is 0 Å². The van der Waals surface area contributed by atoms with E-state index in [-0.39, 0.29) is 34.8 Å². The van der Waals surface area contributed by atoms with Crippen molar-refractivity contribution in [1.82, 2.24) is 34.3 Å². The SMILES string of the molecule is Cc1cc2c(C3CCC(=O)NC3=O)nn(C)c2cc1N1CCC2(CC1)CN(CCCS(=O)(=O)N1CCC(Nc3ncc(OC(F)F)cn3)CC1)C2. The predicted octanol–water partition coefficient (Wildman–Crippen LogP) is 2.99. The molecular formula is C34H45F2N9O5S. The van der Waals surface area contributed by atoms with E-state index in [1.807, 2.05) is 11.7 Å². The summed E-state index contributed by atoms with van der Waals surface area (Å²) in [6, 6.07) is 4.30. The molecule has 14 nitrogen and oxygen atoms in total. The highest BCUT2D eigenvalue weighted by molar-refractivity contribution is 7.89. The third-order valence-electron chi connectivity index (χ3n) is 11.0. The molecule has 0 bridgehead atoms. The van der Waals surface area contributed by atoms with Gasteiger partial charge in [0.2, 0.25) is 27.8 Å². The molecule has 2 aromatic heterocycles. The Labute approximate surface area is 295 Å². The lowest BCUT2D eigenvalue weighted by atomic mass is 9.72. The number of hydrogen-bond donors (Lipinski definition) is 2. The summed E-state index contributed by atoms with van der Waals surface area (Å²) in [6.07, 6.45) is 7.09. The predicted molar refractivity (Wildman–Crippen MR) is 186 cm³/mol. The molecule has 2 N–H and O–H groups in total. The van der Waals surface area contributed by atoms with Gasteiger partial charge in [-0.2, -0.15) is 13.9 Å². The number of benzene rings is 1. The van der Waals surface area contributed by atoms with Crippen molar-refractivity contribution in [3.05, 3.63) is 35.8 Å². The number of nitrogens with one attached hydrogen (secondary N) is 2. The molecular weight excluding hydrogens is 684 g/mol. The first-order valence-corrected chi connectivity index (χ1v) is 19.3. The molecule has 3 aromatic rings. The molecule has 2 amide bonds. The summed E-state index contributed by atoms with van der Waals surface area (Å²) in [4.78, 5) is 37.1. The molecule has 1 spiro atoms. The summed E-state index contributed by atoms with van der Waals surface area (Å²) < 4.78 is 58.6. The van der Waals surface area contributed by atoms with E-state index in [4.69, 9.17) is 5.10 Å². The number of rotatable bonds is 11. The van der Waals surface area contributed by atoms with Crippen LogP contribution in [0, 0.1) is 12.3 Å². The van der Waals surface area contributed by atoms with E-state index in [0.717, 1.165) is 67.7 Å². The van der Waals surface area contributed by atoms with E-state index in [2.05, 4.69) is 54.2 Å². The van der Waals surface area contributed by atoms with Gasteiger partial charge in [0, 0.05) is 69.9 Å². The molecule has 0 radical (unpaired) electrons. The van der Waals surface area contributed by atoms with Crippen LogP contribution in [0.1, 0.15) is 62.1 Å². The maximum atomic E-state index is 13.1. The molecule has 1 aromatic carbocycles. The number of aryl methyl sites for hydroxylation is 2. The molecule has 0 aliphatic carbocycles. The Morgan fingerprint density at radius 2 is 1.76 bits per heavy atom. The minimum atomic E-state index is -3.37. The van der Waals surface area contributed by atoms with Crippen molar-refractivity contribution in [2.45, 2.75) is 70.4 Å². The summed E-state index contributed by atoms with van der Waals surface area (Å²) in [5.41, 5.74) is 4.30. The summed E-state index contributed by atoms with van der Waals surface area (Å²) in [6.45, 7) is 4.61. The van der Waals surface area contributed by atoms with Crippen molar-refractivity contribution in [2.75, 3.05) is 61.8 Å². The standard InChI is InChI=1S/C34H45F2N9O5S/c1-22-16-26-28(42(2)41-30(26)25-4-5-29(46)40-31(25)47)17-27(22)44-13-8-34(9-14-44)20-43(21-34)10-3-15-51(48,49)45-11-6-23(7-12-45)39-33-37-18-24(19-38-33)50-32(35)36/h16-19,23,25,32H,3-15,20-21H2,1-2H3,(H,37,38,39)(H,40,46,47). The number of nitrogens with zero attached hydrogens (tertiary/aromatic N) is 7. The smallest absolute Gasteiger partial charge is 0.387 e. The number of anilines is 2. The number of carbonyl (C=O) groups is 2. The summed E-state index contributed by atoms with van der Waals surface area (Å²) in [5, 5.41) is 11.3. The fraction of sp³-hybridized carbons (Fsp3) is 0.618. The highest BCUT2D eigenvalue weighted by Crippen LogP contribution is 2.43. The van der Waals surface area contributed by atoms with Gasteiger partial charge in [0.15, 0.2) is 5.75 Å². The minimum Gasteiger partial charge on any atom is -0.432 e. The van der Waals surface area contributed by atoms with Crippen LogP contribution in [0.4, 0.5) is 20.4 Å². The lowest BCUT2D eigenvalue weighted by molar-refractivity contribution is -0.134. The van der Waals surface area contributed by atoms with Crippen molar-refractivity contribution in [3.8, 4) is 5.75 Å². The zero-order chi connectivity index (χ0) is 35.9. The highest BCUT2D eigenvalue weighted by atomic mass is 32.2. The number of fused-ring (bicyclic) bond motifs is 1. The number of alkyl halides is 2. The fourth-order valence-electron chi connectivity index (χ4n) is 8.19. The Morgan fingerprint density at radius 1 is 1.06 bits per heavy atom. The molecule has 1 unspecified atom stereocenters. The first-order chi connectivity index (χ1) is 24.4. The van der Waals surface area contributed by atoms with Crippen molar-refractivity contribution in [3.63, 3.8) is 0 Å². The van der Waals surface area contributed by atoms with Crippen molar-refractivity contribution in [1.29, 1.82) is 0 Å². The van der Waals surface area contributed by atoms with Gasteiger partial charge in [-0.05, 0) is 75.1 Å². The quantitative estimate of drug-likeness (QED) is 0.280. The lowest BCUT2D eigenvalue weighted by Gasteiger charge is -2.54. The zero-order valence-corrected chi connectivity index (χ0v) is 29.8. The van der Waals surface area contributed by atoms with Crippen LogP contribution in [0.3, 0.4) is 0 Å². The van der Waals surface area contributed by atoms with Crippen LogP contribution in [-0.4, -0.2) is 113 Å². The van der Waals surface area contributed by atoms with Crippen LogP contribution >= 0.6 is 0 Å². The van der Waals surface area contributed by atoms with Gasteiger partial charge in [-0.3, -0.25) is 19.6 Å².